The highest BCUT2D eigenvalue weighted by Crippen LogP contribution is 2.32. The maximum absolute atomic E-state index is 12.6. The number of amides is 1. The van der Waals surface area contributed by atoms with E-state index >= 15 is 0 Å². The second-order valence-corrected chi connectivity index (χ2v) is 4.47. The summed E-state index contributed by atoms with van der Waals surface area (Å²) in [6.45, 7) is 1.69. The number of rotatable bonds is 3. The van der Waals surface area contributed by atoms with Gasteiger partial charge >= 0.3 is 6.18 Å². The lowest BCUT2D eigenvalue weighted by atomic mass is 10.2. The van der Waals surface area contributed by atoms with E-state index in [9.17, 15) is 18.0 Å². The van der Waals surface area contributed by atoms with Crippen molar-refractivity contribution in [3.05, 3.63) is 53.2 Å². The molecule has 116 valence electrons. The Morgan fingerprint density at radius 3 is 2.64 bits per heavy atom. The summed E-state index contributed by atoms with van der Waals surface area (Å²) in [5, 5.41) is 0. The van der Waals surface area contributed by atoms with Crippen LogP contribution in [0, 0.1) is 6.92 Å². The molecule has 0 radical (unpaired) electrons. The number of carbonyl (C=O) groups is 1. The topological polar surface area (TPSA) is 77.2 Å². The van der Waals surface area contributed by atoms with E-state index in [1.165, 1.54) is 24.3 Å². The van der Waals surface area contributed by atoms with Gasteiger partial charge in [0.15, 0.2) is 0 Å². The molecule has 2 aromatic rings. The Hall–Kier alpha value is -2.61. The van der Waals surface area contributed by atoms with Crippen LogP contribution in [0.3, 0.4) is 0 Å². The molecule has 0 aliphatic heterocycles. The van der Waals surface area contributed by atoms with Crippen LogP contribution < -0.4 is 16.0 Å². The highest BCUT2D eigenvalue weighted by Gasteiger charge is 2.30. The third kappa shape index (κ3) is 3.73. The summed E-state index contributed by atoms with van der Waals surface area (Å²) in [4.78, 5) is 15.3. The molecule has 1 aromatic heterocycles. The fraction of sp³-hybridized carbons (Fsp3) is 0.143. The molecule has 22 heavy (non-hydrogen) atoms. The average Bonchev–Trinajstić information content (AvgIpc) is 2.45. The number of halogens is 3. The highest BCUT2D eigenvalue weighted by molar-refractivity contribution is 5.92. The third-order valence-corrected chi connectivity index (χ3v) is 2.69. The van der Waals surface area contributed by atoms with Crippen molar-refractivity contribution in [1.82, 2.24) is 10.4 Å². The van der Waals surface area contributed by atoms with Crippen molar-refractivity contribution in [2.24, 2.45) is 5.84 Å². The van der Waals surface area contributed by atoms with Gasteiger partial charge in [0.2, 0.25) is 5.88 Å². The van der Waals surface area contributed by atoms with Gasteiger partial charge in [-0.15, -0.1) is 0 Å². The van der Waals surface area contributed by atoms with Gasteiger partial charge in [0.1, 0.15) is 11.4 Å². The van der Waals surface area contributed by atoms with E-state index in [4.69, 9.17) is 10.6 Å². The van der Waals surface area contributed by atoms with Crippen molar-refractivity contribution in [3.63, 3.8) is 0 Å². The minimum absolute atomic E-state index is 0.00192. The molecule has 1 aromatic carbocycles. The smallest absolute Gasteiger partial charge is 0.416 e. The number of ether oxygens (including phenoxy) is 1. The molecule has 0 fully saturated rings. The Morgan fingerprint density at radius 2 is 2.00 bits per heavy atom. The quantitative estimate of drug-likeness (QED) is 0.519. The minimum atomic E-state index is -4.47. The van der Waals surface area contributed by atoms with Crippen LogP contribution in [-0.4, -0.2) is 10.9 Å². The Morgan fingerprint density at radius 1 is 1.27 bits per heavy atom. The minimum Gasteiger partial charge on any atom is -0.439 e. The monoisotopic (exact) mass is 311 g/mol. The normalized spacial score (nSPS) is 11.1. The number of nitrogens with two attached hydrogens (primary N) is 1. The fourth-order valence-corrected chi connectivity index (χ4v) is 1.73. The van der Waals surface area contributed by atoms with E-state index in [0.717, 1.165) is 12.1 Å². The molecule has 1 heterocycles. The first-order chi connectivity index (χ1) is 10.3. The number of hydrazine groups is 1. The van der Waals surface area contributed by atoms with E-state index in [1.807, 2.05) is 5.43 Å². The van der Waals surface area contributed by atoms with Crippen molar-refractivity contribution in [2.45, 2.75) is 13.1 Å². The maximum Gasteiger partial charge on any atom is 0.416 e. The SMILES string of the molecule is Cc1cc(Oc2cccc(C(F)(F)F)c2)nc(C(=O)NN)c1. The summed E-state index contributed by atoms with van der Waals surface area (Å²) in [5.41, 5.74) is 1.74. The van der Waals surface area contributed by atoms with Gasteiger partial charge in [0.05, 0.1) is 5.56 Å². The summed E-state index contributed by atoms with van der Waals surface area (Å²) in [6.07, 6.45) is -4.47. The summed E-state index contributed by atoms with van der Waals surface area (Å²) in [6, 6.07) is 7.34. The molecule has 0 aliphatic carbocycles. The van der Waals surface area contributed by atoms with Crippen LogP contribution in [0.4, 0.5) is 13.2 Å². The van der Waals surface area contributed by atoms with Crippen molar-refractivity contribution in [2.75, 3.05) is 0 Å². The number of nitrogens with zero attached hydrogens (tertiary/aromatic N) is 1. The zero-order chi connectivity index (χ0) is 16.3. The predicted molar refractivity (Wildman–Crippen MR) is 72.1 cm³/mol. The molecule has 1 amide bonds. The highest BCUT2D eigenvalue weighted by atomic mass is 19.4. The van der Waals surface area contributed by atoms with Crippen LogP contribution in [0.15, 0.2) is 36.4 Å². The fourth-order valence-electron chi connectivity index (χ4n) is 1.73. The second-order valence-electron chi connectivity index (χ2n) is 4.47. The molecule has 8 heteroatoms. The molecule has 2 rings (SSSR count). The van der Waals surface area contributed by atoms with Crippen molar-refractivity contribution < 1.29 is 22.7 Å². The van der Waals surface area contributed by atoms with Crippen LogP contribution in [0.5, 0.6) is 11.6 Å². The average molecular weight is 311 g/mol. The summed E-state index contributed by atoms with van der Waals surface area (Å²) >= 11 is 0. The van der Waals surface area contributed by atoms with Crippen molar-refractivity contribution >= 4 is 5.91 Å². The number of pyridine rings is 1. The summed E-state index contributed by atoms with van der Waals surface area (Å²) < 4.78 is 43.2. The standard InChI is InChI=1S/C14H12F3N3O2/c1-8-5-11(13(21)20-18)19-12(6-8)22-10-4-2-3-9(7-10)14(15,16)17/h2-7H,18H2,1H3,(H,20,21). The predicted octanol–water partition coefficient (Wildman–Crippen LogP) is 2.80. The molecule has 5 nitrogen and oxygen atoms in total. The molecule has 0 unspecified atom stereocenters. The summed E-state index contributed by atoms with van der Waals surface area (Å²) in [7, 11) is 0. The van der Waals surface area contributed by atoms with E-state index in [0.29, 0.717) is 5.56 Å². The molecule has 0 bridgehead atoms. The number of aromatic nitrogens is 1. The Kier molecular flexibility index (Phi) is 4.32. The van der Waals surface area contributed by atoms with E-state index < -0.39 is 17.6 Å². The van der Waals surface area contributed by atoms with Crippen LogP contribution in [-0.2, 0) is 6.18 Å². The lowest BCUT2D eigenvalue weighted by molar-refractivity contribution is -0.137. The number of aryl methyl sites for hydroxylation is 1. The summed E-state index contributed by atoms with van der Waals surface area (Å²) in [5.74, 6) is 4.35. The molecule has 0 saturated heterocycles. The molecular formula is C14H12F3N3O2. The Bertz CT molecular complexity index is 702. The van der Waals surface area contributed by atoms with Gasteiger partial charge in [0, 0.05) is 6.07 Å². The third-order valence-electron chi connectivity index (χ3n) is 2.69. The van der Waals surface area contributed by atoms with Crippen LogP contribution >= 0.6 is 0 Å². The Balaban J connectivity index is 2.31. The molecule has 0 atom stereocenters. The number of nitrogen functional groups attached to an aromatic ring is 1. The lowest BCUT2D eigenvalue weighted by Crippen LogP contribution is -2.30. The van der Waals surface area contributed by atoms with E-state index in [2.05, 4.69) is 4.98 Å². The number of hydrogen-bond donors (Lipinski definition) is 2. The van der Waals surface area contributed by atoms with E-state index in [1.54, 1.807) is 6.92 Å². The zero-order valence-corrected chi connectivity index (χ0v) is 11.4. The van der Waals surface area contributed by atoms with Crippen molar-refractivity contribution in [3.8, 4) is 11.6 Å². The van der Waals surface area contributed by atoms with Gasteiger partial charge < -0.3 is 4.74 Å². The van der Waals surface area contributed by atoms with Gasteiger partial charge in [-0.05, 0) is 36.8 Å². The number of alkyl halides is 3. The van der Waals surface area contributed by atoms with Gasteiger partial charge in [-0.25, -0.2) is 10.8 Å². The van der Waals surface area contributed by atoms with Crippen LogP contribution in [0.2, 0.25) is 0 Å². The molecule has 0 aliphatic rings. The van der Waals surface area contributed by atoms with Crippen molar-refractivity contribution in [1.29, 1.82) is 0 Å². The molecular weight excluding hydrogens is 299 g/mol. The van der Waals surface area contributed by atoms with Crippen LogP contribution in [0.1, 0.15) is 21.6 Å². The van der Waals surface area contributed by atoms with Gasteiger partial charge in [-0.1, -0.05) is 6.07 Å². The first-order valence-electron chi connectivity index (χ1n) is 6.14. The zero-order valence-electron chi connectivity index (χ0n) is 11.4. The largest absolute Gasteiger partial charge is 0.439 e. The first-order valence-corrected chi connectivity index (χ1v) is 6.14. The maximum atomic E-state index is 12.6. The number of carbonyl (C=O) groups excluding carboxylic acids is 1. The number of hydrogen-bond acceptors (Lipinski definition) is 4. The number of nitrogens with one attached hydrogen (secondary N) is 1. The molecule has 0 saturated carbocycles. The lowest BCUT2D eigenvalue weighted by Gasteiger charge is -2.10. The van der Waals surface area contributed by atoms with E-state index in [-0.39, 0.29) is 17.3 Å². The van der Waals surface area contributed by atoms with Crippen LogP contribution in [0.25, 0.3) is 0 Å². The Labute approximate surface area is 123 Å². The van der Waals surface area contributed by atoms with Gasteiger partial charge in [-0.3, -0.25) is 10.2 Å². The molecule has 3 N–H and O–H groups in total. The van der Waals surface area contributed by atoms with Gasteiger partial charge in [-0.2, -0.15) is 13.2 Å². The van der Waals surface area contributed by atoms with Gasteiger partial charge in [0.25, 0.3) is 5.91 Å². The number of benzene rings is 1. The molecule has 0 spiro atoms. The first kappa shape index (κ1) is 15.8. The second kappa shape index (κ2) is 6.02.